The maximum atomic E-state index is 13.3. The molecule has 0 amide bonds. The first-order valence-corrected chi connectivity index (χ1v) is 5.13. The number of aliphatic hydroxyl groups is 1. The standard InChI is InChI=1S/C11H15ClFNO/c1-14(2)7-10(15)5-8-3-4-9(12)6-11(8)13/h3-4,6,10,15H,5,7H2,1-2H3. The molecule has 0 saturated carbocycles. The first kappa shape index (κ1) is 12.4. The third-order valence-corrected chi connectivity index (χ3v) is 2.28. The number of rotatable bonds is 4. The molecule has 0 radical (unpaired) electrons. The molecule has 0 aliphatic carbocycles. The van der Waals surface area contributed by atoms with E-state index in [9.17, 15) is 9.50 Å². The fourth-order valence-corrected chi connectivity index (χ4v) is 1.59. The lowest BCUT2D eigenvalue weighted by Crippen LogP contribution is -2.27. The van der Waals surface area contributed by atoms with Crippen molar-refractivity contribution in [2.75, 3.05) is 20.6 Å². The smallest absolute Gasteiger partial charge is 0.127 e. The Labute approximate surface area is 94.3 Å². The minimum absolute atomic E-state index is 0.307. The SMILES string of the molecule is CN(C)CC(O)Cc1ccc(Cl)cc1F. The third-order valence-electron chi connectivity index (χ3n) is 2.05. The molecule has 15 heavy (non-hydrogen) atoms. The summed E-state index contributed by atoms with van der Waals surface area (Å²) in [5.74, 6) is -0.361. The van der Waals surface area contributed by atoms with Gasteiger partial charge in [-0.05, 0) is 31.8 Å². The molecule has 1 N–H and O–H groups in total. The van der Waals surface area contributed by atoms with E-state index in [-0.39, 0.29) is 5.82 Å². The highest BCUT2D eigenvalue weighted by Gasteiger charge is 2.10. The van der Waals surface area contributed by atoms with Gasteiger partial charge in [0.05, 0.1) is 6.10 Å². The maximum Gasteiger partial charge on any atom is 0.127 e. The number of nitrogens with zero attached hydrogens (tertiary/aromatic N) is 1. The molecule has 0 aliphatic rings. The lowest BCUT2D eigenvalue weighted by molar-refractivity contribution is 0.136. The van der Waals surface area contributed by atoms with Gasteiger partial charge in [0, 0.05) is 18.0 Å². The van der Waals surface area contributed by atoms with Crippen LogP contribution in [0.2, 0.25) is 5.02 Å². The van der Waals surface area contributed by atoms with Crippen molar-refractivity contribution in [1.82, 2.24) is 4.90 Å². The summed E-state index contributed by atoms with van der Waals surface area (Å²) in [4.78, 5) is 1.86. The number of hydrogen-bond donors (Lipinski definition) is 1. The highest BCUT2D eigenvalue weighted by atomic mass is 35.5. The predicted octanol–water partition coefficient (Wildman–Crippen LogP) is 1.94. The summed E-state index contributed by atoms with van der Waals surface area (Å²) in [6.45, 7) is 0.516. The Balaban J connectivity index is 2.64. The van der Waals surface area contributed by atoms with Gasteiger partial charge >= 0.3 is 0 Å². The fourth-order valence-electron chi connectivity index (χ4n) is 1.43. The van der Waals surface area contributed by atoms with Crippen LogP contribution < -0.4 is 0 Å². The summed E-state index contributed by atoms with van der Waals surface area (Å²) in [5.41, 5.74) is 0.494. The number of aliphatic hydroxyl groups excluding tert-OH is 1. The molecule has 0 fully saturated rings. The van der Waals surface area contributed by atoms with Crippen molar-refractivity contribution in [2.45, 2.75) is 12.5 Å². The first-order valence-electron chi connectivity index (χ1n) is 4.75. The van der Waals surface area contributed by atoms with Gasteiger partial charge in [-0.15, -0.1) is 0 Å². The summed E-state index contributed by atoms with van der Waals surface area (Å²) in [6, 6.07) is 4.50. The Morgan fingerprint density at radius 3 is 2.67 bits per heavy atom. The molecule has 0 aliphatic heterocycles. The van der Waals surface area contributed by atoms with Crippen LogP contribution >= 0.6 is 11.6 Å². The van der Waals surface area contributed by atoms with Gasteiger partial charge in [0.2, 0.25) is 0 Å². The molecule has 1 unspecified atom stereocenters. The summed E-state index contributed by atoms with van der Waals surface area (Å²) in [6.07, 6.45) is -0.253. The monoisotopic (exact) mass is 231 g/mol. The van der Waals surface area contributed by atoms with Crippen LogP contribution in [0.4, 0.5) is 4.39 Å². The van der Waals surface area contributed by atoms with E-state index in [1.165, 1.54) is 6.07 Å². The Morgan fingerprint density at radius 1 is 1.47 bits per heavy atom. The van der Waals surface area contributed by atoms with E-state index in [0.717, 1.165) is 0 Å². The van der Waals surface area contributed by atoms with Gasteiger partial charge in [-0.2, -0.15) is 0 Å². The molecule has 1 aromatic rings. The van der Waals surface area contributed by atoms with E-state index >= 15 is 0 Å². The van der Waals surface area contributed by atoms with Crippen molar-refractivity contribution in [2.24, 2.45) is 0 Å². The summed E-state index contributed by atoms with van der Waals surface area (Å²) >= 11 is 5.63. The van der Waals surface area contributed by atoms with E-state index in [1.54, 1.807) is 12.1 Å². The van der Waals surface area contributed by atoms with Crippen LogP contribution in [0.5, 0.6) is 0 Å². The average Bonchev–Trinajstić information content (AvgIpc) is 2.08. The Bertz CT molecular complexity index is 330. The van der Waals surface area contributed by atoms with Crippen LogP contribution in [-0.4, -0.2) is 36.8 Å². The van der Waals surface area contributed by atoms with Gasteiger partial charge in [-0.25, -0.2) is 4.39 Å². The van der Waals surface area contributed by atoms with E-state index in [1.807, 2.05) is 19.0 Å². The minimum atomic E-state index is -0.560. The zero-order valence-electron chi connectivity index (χ0n) is 8.87. The molecule has 0 bridgehead atoms. The molecule has 0 saturated heterocycles. The minimum Gasteiger partial charge on any atom is -0.391 e. The van der Waals surface area contributed by atoms with Crippen molar-refractivity contribution in [3.63, 3.8) is 0 Å². The molecule has 0 spiro atoms. The van der Waals surface area contributed by atoms with Gasteiger partial charge in [-0.3, -0.25) is 0 Å². The Kier molecular flexibility index (Phi) is 4.51. The van der Waals surface area contributed by atoms with Gasteiger partial charge in [0.25, 0.3) is 0 Å². The normalized spacial score (nSPS) is 13.2. The predicted molar refractivity (Wildman–Crippen MR) is 59.7 cm³/mol. The van der Waals surface area contributed by atoms with E-state index in [2.05, 4.69) is 0 Å². The third kappa shape index (κ3) is 4.16. The molecule has 4 heteroatoms. The fraction of sp³-hybridized carbons (Fsp3) is 0.455. The Morgan fingerprint density at radius 2 is 2.13 bits per heavy atom. The lowest BCUT2D eigenvalue weighted by Gasteiger charge is -2.16. The van der Waals surface area contributed by atoms with Crippen LogP contribution in [0.3, 0.4) is 0 Å². The van der Waals surface area contributed by atoms with Gasteiger partial charge in [0.15, 0.2) is 0 Å². The van der Waals surface area contributed by atoms with Crippen LogP contribution in [0.1, 0.15) is 5.56 Å². The van der Waals surface area contributed by atoms with Crippen molar-refractivity contribution in [3.05, 3.63) is 34.6 Å². The Hall–Kier alpha value is -0.640. The molecule has 84 valence electrons. The van der Waals surface area contributed by atoms with Crippen molar-refractivity contribution < 1.29 is 9.50 Å². The zero-order chi connectivity index (χ0) is 11.4. The lowest BCUT2D eigenvalue weighted by atomic mass is 10.1. The number of halogens is 2. The summed E-state index contributed by atoms with van der Waals surface area (Å²) in [7, 11) is 3.73. The van der Waals surface area contributed by atoms with Crippen molar-refractivity contribution in [3.8, 4) is 0 Å². The topological polar surface area (TPSA) is 23.5 Å². The molecular weight excluding hydrogens is 217 g/mol. The number of benzene rings is 1. The largest absolute Gasteiger partial charge is 0.391 e. The van der Waals surface area contributed by atoms with Crippen molar-refractivity contribution in [1.29, 1.82) is 0 Å². The second-order valence-electron chi connectivity index (χ2n) is 3.86. The molecule has 0 aromatic heterocycles. The summed E-state index contributed by atoms with van der Waals surface area (Å²) < 4.78 is 13.3. The van der Waals surface area contributed by atoms with Gasteiger partial charge < -0.3 is 10.0 Å². The number of hydrogen-bond acceptors (Lipinski definition) is 2. The van der Waals surface area contributed by atoms with Crippen LogP contribution in [0, 0.1) is 5.82 Å². The highest BCUT2D eigenvalue weighted by Crippen LogP contribution is 2.16. The number of likely N-dealkylation sites (N-methyl/N-ethyl adjacent to an activating group) is 1. The second-order valence-corrected chi connectivity index (χ2v) is 4.29. The second kappa shape index (κ2) is 5.45. The molecule has 2 nitrogen and oxygen atoms in total. The quantitative estimate of drug-likeness (QED) is 0.856. The van der Waals surface area contributed by atoms with Gasteiger partial charge in [-0.1, -0.05) is 17.7 Å². The first-order chi connectivity index (χ1) is 6.99. The molecule has 1 aromatic carbocycles. The van der Waals surface area contributed by atoms with Crippen molar-refractivity contribution >= 4 is 11.6 Å². The maximum absolute atomic E-state index is 13.3. The summed E-state index contributed by atoms with van der Waals surface area (Å²) in [5, 5.41) is 10.00. The average molecular weight is 232 g/mol. The highest BCUT2D eigenvalue weighted by molar-refractivity contribution is 6.30. The van der Waals surface area contributed by atoms with E-state index in [4.69, 9.17) is 11.6 Å². The molecule has 1 atom stereocenters. The molecular formula is C11H15ClFNO. The molecule has 1 rings (SSSR count). The van der Waals surface area contributed by atoms with E-state index < -0.39 is 6.10 Å². The molecule has 0 heterocycles. The zero-order valence-corrected chi connectivity index (χ0v) is 9.63. The van der Waals surface area contributed by atoms with Crippen LogP contribution in [0.15, 0.2) is 18.2 Å². The van der Waals surface area contributed by atoms with Gasteiger partial charge in [0.1, 0.15) is 5.82 Å². The van der Waals surface area contributed by atoms with Crippen LogP contribution in [-0.2, 0) is 6.42 Å². The van der Waals surface area contributed by atoms with E-state index in [0.29, 0.717) is 23.6 Å². The van der Waals surface area contributed by atoms with Crippen LogP contribution in [0.25, 0.3) is 0 Å².